The number of carbonyl (C=O) groups is 1. The van der Waals surface area contributed by atoms with Crippen LogP contribution in [-0.2, 0) is 7.05 Å². The second kappa shape index (κ2) is 5.74. The van der Waals surface area contributed by atoms with E-state index in [0.29, 0.717) is 18.0 Å². The van der Waals surface area contributed by atoms with Gasteiger partial charge >= 0.3 is 0 Å². The number of aryl methyl sites for hydroxylation is 2. The van der Waals surface area contributed by atoms with Crippen LogP contribution in [-0.4, -0.2) is 49.1 Å². The van der Waals surface area contributed by atoms with Crippen molar-refractivity contribution in [3.63, 3.8) is 0 Å². The maximum Gasteiger partial charge on any atom is 0.253 e. The van der Waals surface area contributed by atoms with Crippen molar-refractivity contribution in [2.75, 3.05) is 13.1 Å². The Morgan fingerprint density at radius 3 is 3.00 bits per heavy atom. The smallest absolute Gasteiger partial charge is 0.253 e. The zero-order chi connectivity index (χ0) is 16.7. The van der Waals surface area contributed by atoms with Gasteiger partial charge in [0.1, 0.15) is 5.52 Å². The molecule has 3 heterocycles. The molecule has 0 aliphatic carbocycles. The standard InChI is InChI=1S/C17H20N6O/c1-11-8-14(19-18-11)13-4-3-7-23(10-13)17(24)12-5-6-16-15(9-12)20-21-22(16)2/h5-6,8-9,13H,3-4,7,10H2,1-2H3,(H,18,19). The van der Waals surface area contributed by atoms with Crippen LogP contribution >= 0.6 is 0 Å². The highest BCUT2D eigenvalue weighted by Gasteiger charge is 2.27. The van der Waals surface area contributed by atoms with Gasteiger partial charge in [-0.15, -0.1) is 5.10 Å². The highest BCUT2D eigenvalue weighted by Crippen LogP contribution is 2.27. The van der Waals surface area contributed by atoms with Gasteiger partial charge in [-0.25, -0.2) is 4.68 Å². The summed E-state index contributed by atoms with van der Waals surface area (Å²) in [5.41, 5.74) is 4.45. The summed E-state index contributed by atoms with van der Waals surface area (Å²) in [5, 5.41) is 15.5. The minimum atomic E-state index is 0.0551. The lowest BCUT2D eigenvalue weighted by Gasteiger charge is -2.32. The number of carbonyl (C=O) groups excluding carboxylic acids is 1. The molecule has 0 bridgehead atoms. The Kier molecular flexibility index (Phi) is 3.55. The van der Waals surface area contributed by atoms with E-state index in [1.165, 1.54) is 0 Å². The predicted octanol–water partition coefficient (Wildman–Crippen LogP) is 2.02. The van der Waals surface area contributed by atoms with Crippen LogP contribution in [0.25, 0.3) is 11.0 Å². The number of rotatable bonds is 2. The summed E-state index contributed by atoms with van der Waals surface area (Å²) in [7, 11) is 1.85. The van der Waals surface area contributed by atoms with Crippen LogP contribution in [0.5, 0.6) is 0 Å². The van der Waals surface area contributed by atoms with Gasteiger partial charge in [-0.1, -0.05) is 5.21 Å². The van der Waals surface area contributed by atoms with Crippen molar-refractivity contribution >= 4 is 16.9 Å². The van der Waals surface area contributed by atoms with Gasteiger partial charge in [0.2, 0.25) is 0 Å². The van der Waals surface area contributed by atoms with E-state index in [4.69, 9.17) is 0 Å². The monoisotopic (exact) mass is 324 g/mol. The highest BCUT2D eigenvalue weighted by atomic mass is 16.2. The molecule has 7 nitrogen and oxygen atoms in total. The third-order valence-corrected chi connectivity index (χ3v) is 4.71. The molecule has 1 amide bonds. The molecule has 0 radical (unpaired) electrons. The average Bonchev–Trinajstić information content (AvgIpc) is 3.20. The summed E-state index contributed by atoms with van der Waals surface area (Å²) in [4.78, 5) is 14.8. The molecule has 7 heteroatoms. The van der Waals surface area contributed by atoms with Crippen molar-refractivity contribution in [2.24, 2.45) is 7.05 Å². The molecule has 124 valence electrons. The second-order valence-electron chi connectivity index (χ2n) is 6.48. The van der Waals surface area contributed by atoms with Crippen molar-refractivity contribution < 1.29 is 4.79 Å². The molecule has 1 aromatic carbocycles. The SMILES string of the molecule is Cc1cc(C2CCCN(C(=O)c3ccc4c(c3)nnn4C)C2)n[nH]1. The van der Waals surface area contributed by atoms with E-state index in [2.05, 4.69) is 26.6 Å². The van der Waals surface area contributed by atoms with Gasteiger partial charge in [-0.05, 0) is 44.0 Å². The first-order valence-corrected chi connectivity index (χ1v) is 8.22. The highest BCUT2D eigenvalue weighted by molar-refractivity contribution is 5.97. The van der Waals surface area contributed by atoms with Crippen molar-refractivity contribution in [2.45, 2.75) is 25.7 Å². The lowest BCUT2D eigenvalue weighted by Crippen LogP contribution is -2.39. The fourth-order valence-electron chi connectivity index (χ4n) is 3.41. The third kappa shape index (κ3) is 2.55. The van der Waals surface area contributed by atoms with E-state index in [0.717, 1.165) is 41.8 Å². The number of piperidine rings is 1. The first-order valence-electron chi connectivity index (χ1n) is 8.22. The van der Waals surface area contributed by atoms with Crippen LogP contribution < -0.4 is 0 Å². The van der Waals surface area contributed by atoms with E-state index in [1.807, 2.05) is 37.1 Å². The molecule has 2 aromatic heterocycles. The molecule has 1 unspecified atom stereocenters. The molecule has 1 saturated heterocycles. The quantitative estimate of drug-likeness (QED) is 0.782. The van der Waals surface area contributed by atoms with Gasteiger partial charge in [0.25, 0.3) is 5.91 Å². The Balaban J connectivity index is 1.56. The van der Waals surface area contributed by atoms with Gasteiger partial charge in [-0.3, -0.25) is 9.89 Å². The van der Waals surface area contributed by atoms with Crippen LogP contribution in [0.2, 0.25) is 0 Å². The molecule has 3 aromatic rings. The Bertz CT molecular complexity index is 896. The summed E-state index contributed by atoms with van der Waals surface area (Å²) in [5.74, 6) is 0.354. The van der Waals surface area contributed by atoms with Crippen molar-refractivity contribution in [1.29, 1.82) is 0 Å². The molecule has 0 saturated carbocycles. The van der Waals surface area contributed by atoms with Crippen LogP contribution in [0.3, 0.4) is 0 Å². The number of aromatic amines is 1. The molecule has 24 heavy (non-hydrogen) atoms. The topological polar surface area (TPSA) is 79.7 Å². The summed E-state index contributed by atoms with van der Waals surface area (Å²) >= 11 is 0. The minimum Gasteiger partial charge on any atom is -0.338 e. The molecule has 4 rings (SSSR count). The maximum atomic E-state index is 12.9. The van der Waals surface area contributed by atoms with Gasteiger partial charge < -0.3 is 4.90 Å². The first-order chi connectivity index (χ1) is 11.6. The lowest BCUT2D eigenvalue weighted by atomic mass is 9.94. The van der Waals surface area contributed by atoms with Crippen LogP contribution in [0.4, 0.5) is 0 Å². The number of amides is 1. The summed E-state index contributed by atoms with van der Waals surface area (Å²) < 4.78 is 1.71. The number of H-pyrrole nitrogens is 1. The fourth-order valence-corrected chi connectivity index (χ4v) is 3.41. The number of likely N-dealkylation sites (tertiary alicyclic amines) is 1. The van der Waals surface area contributed by atoms with E-state index in [1.54, 1.807) is 4.68 Å². The fraction of sp³-hybridized carbons (Fsp3) is 0.412. The summed E-state index contributed by atoms with van der Waals surface area (Å²) in [6.07, 6.45) is 2.06. The number of fused-ring (bicyclic) bond motifs is 1. The van der Waals surface area contributed by atoms with Gasteiger partial charge in [-0.2, -0.15) is 5.10 Å². The second-order valence-corrected chi connectivity index (χ2v) is 6.48. The molecule has 1 fully saturated rings. The number of nitrogens with zero attached hydrogens (tertiary/aromatic N) is 5. The Morgan fingerprint density at radius 1 is 1.33 bits per heavy atom. The molecule has 1 aliphatic heterocycles. The average molecular weight is 324 g/mol. The number of hydrogen-bond donors (Lipinski definition) is 1. The number of hydrogen-bond acceptors (Lipinski definition) is 4. The van der Waals surface area contributed by atoms with Crippen molar-refractivity contribution in [3.8, 4) is 0 Å². The van der Waals surface area contributed by atoms with Crippen molar-refractivity contribution in [1.82, 2.24) is 30.1 Å². The van der Waals surface area contributed by atoms with E-state index >= 15 is 0 Å². The molecule has 1 N–H and O–H groups in total. The molecular weight excluding hydrogens is 304 g/mol. The van der Waals surface area contributed by atoms with Crippen molar-refractivity contribution in [3.05, 3.63) is 41.2 Å². The molecule has 1 atom stereocenters. The van der Waals surface area contributed by atoms with E-state index in [9.17, 15) is 4.79 Å². The van der Waals surface area contributed by atoms with Crippen LogP contribution in [0.15, 0.2) is 24.3 Å². The Labute approximate surface area is 139 Å². The van der Waals surface area contributed by atoms with Gasteiger partial charge in [0, 0.05) is 37.3 Å². The maximum absolute atomic E-state index is 12.9. The zero-order valence-electron chi connectivity index (χ0n) is 13.9. The molecule has 0 spiro atoms. The summed E-state index contributed by atoms with van der Waals surface area (Å²) in [6.45, 7) is 3.50. The third-order valence-electron chi connectivity index (χ3n) is 4.71. The molecular formula is C17H20N6O. The van der Waals surface area contributed by atoms with E-state index < -0.39 is 0 Å². The minimum absolute atomic E-state index is 0.0551. The zero-order valence-corrected chi connectivity index (χ0v) is 13.9. The molecule has 1 aliphatic rings. The Hall–Kier alpha value is -2.70. The predicted molar refractivity (Wildman–Crippen MR) is 89.7 cm³/mol. The largest absolute Gasteiger partial charge is 0.338 e. The van der Waals surface area contributed by atoms with E-state index in [-0.39, 0.29) is 5.91 Å². The normalized spacial score (nSPS) is 18.2. The Morgan fingerprint density at radius 2 is 2.21 bits per heavy atom. The first kappa shape index (κ1) is 14.9. The lowest BCUT2D eigenvalue weighted by molar-refractivity contribution is 0.0706. The number of aromatic nitrogens is 5. The number of benzene rings is 1. The van der Waals surface area contributed by atoms with Gasteiger partial charge in [0.05, 0.1) is 11.2 Å². The van der Waals surface area contributed by atoms with Crippen LogP contribution in [0.1, 0.15) is 40.5 Å². The van der Waals surface area contributed by atoms with Gasteiger partial charge in [0.15, 0.2) is 0 Å². The van der Waals surface area contributed by atoms with Crippen LogP contribution in [0, 0.1) is 6.92 Å². The summed E-state index contributed by atoms with van der Waals surface area (Å²) in [6, 6.07) is 7.66. The number of nitrogens with one attached hydrogen (secondary N) is 1.